The Balaban J connectivity index is 2.14. The number of thiazole rings is 1. The number of nitrogens with one attached hydrogen (secondary N) is 1. The molecule has 2 aromatic rings. The van der Waals surface area contributed by atoms with Gasteiger partial charge in [0.15, 0.2) is 0 Å². The third-order valence-corrected chi connectivity index (χ3v) is 3.67. The van der Waals surface area contributed by atoms with Gasteiger partial charge in [0.25, 0.3) is 5.56 Å². The van der Waals surface area contributed by atoms with E-state index >= 15 is 0 Å². The molecule has 96 valence electrons. The lowest BCUT2D eigenvalue weighted by molar-refractivity contribution is 0.654. The predicted molar refractivity (Wildman–Crippen MR) is 75.1 cm³/mol. The SMILES string of the molecule is CCCn1cc(NC(C)c2cncs2)ccc1=O. The molecule has 0 radical (unpaired) electrons. The number of aromatic nitrogens is 2. The van der Waals surface area contributed by atoms with E-state index in [9.17, 15) is 4.79 Å². The van der Waals surface area contributed by atoms with Gasteiger partial charge in [-0.1, -0.05) is 6.92 Å². The number of rotatable bonds is 5. The zero-order chi connectivity index (χ0) is 13.0. The van der Waals surface area contributed by atoms with Gasteiger partial charge in [0.1, 0.15) is 0 Å². The summed E-state index contributed by atoms with van der Waals surface area (Å²) in [5.41, 5.74) is 2.84. The van der Waals surface area contributed by atoms with Crippen molar-refractivity contribution in [3.05, 3.63) is 45.3 Å². The van der Waals surface area contributed by atoms with Crippen LogP contribution in [0, 0.1) is 0 Å². The van der Waals surface area contributed by atoms with Gasteiger partial charge in [-0.15, -0.1) is 11.3 Å². The zero-order valence-corrected chi connectivity index (χ0v) is 11.4. The summed E-state index contributed by atoms with van der Waals surface area (Å²) >= 11 is 1.63. The normalized spacial score (nSPS) is 12.3. The monoisotopic (exact) mass is 263 g/mol. The fourth-order valence-electron chi connectivity index (χ4n) is 1.79. The molecular formula is C13H17N3OS. The molecule has 0 aliphatic heterocycles. The molecule has 2 rings (SSSR count). The molecule has 1 unspecified atom stereocenters. The van der Waals surface area contributed by atoms with E-state index in [1.165, 1.54) is 4.88 Å². The van der Waals surface area contributed by atoms with E-state index in [-0.39, 0.29) is 11.6 Å². The summed E-state index contributed by atoms with van der Waals surface area (Å²) in [6.45, 7) is 4.90. The number of anilines is 1. The average molecular weight is 263 g/mol. The Kier molecular flexibility index (Phi) is 4.15. The van der Waals surface area contributed by atoms with Crippen LogP contribution >= 0.6 is 11.3 Å². The van der Waals surface area contributed by atoms with Gasteiger partial charge in [-0.3, -0.25) is 9.78 Å². The Labute approximate surface area is 110 Å². The molecule has 0 saturated carbocycles. The topological polar surface area (TPSA) is 46.9 Å². The fraction of sp³-hybridized carbons (Fsp3) is 0.385. The summed E-state index contributed by atoms with van der Waals surface area (Å²) in [6, 6.07) is 3.63. The molecule has 0 saturated heterocycles. The summed E-state index contributed by atoms with van der Waals surface area (Å²) in [6.07, 6.45) is 4.70. The molecule has 0 aliphatic rings. The maximum Gasteiger partial charge on any atom is 0.250 e. The first-order valence-corrected chi connectivity index (χ1v) is 6.94. The van der Waals surface area contributed by atoms with Crippen molar-refractivity contribution < 1.29 is 0 Å². The summed E-state index contributed by atoms with van der Waals surface area (Å²) in [5.74, 6) is 0. The van der Waals surface area contributed by atoms with Gasteiger partial charge in [-0.05, 0) is 19.4 Å². The largest absolute Gasteiger partial charge is 0.376 e. The minimum Gasteiger partial charge on any atom is -0.376 e. The molecule has 18 heavy (non-hydrogen) atoms. The smallest absolute Gasteiger partial charge is 0.250 e. The molecule has 0 amide bonds. The second kappa shape index (κ2) is 5.82. The first-order chi connectivity index (χ1) is 8.70. The van der Waals surface area contributed by atoms with Crippen molar-refractivity contribution in [2.24, 2.45) is 0 Å². The van der Waals surface area contributed by atoms with E-state index in [4.69, 9.17) is 0 Å². The summed E-state index contributed by atoms with van der Waals surface area (Å²) < 4.78 is 1.74. The van der Waals surface area contributed by atoms with E-state index in [1.807, 2.05) is 24.0 Å². The van der Waals surface area contributed by atoms with E-state index in [1.54, 1.807) is 22.0 Å². The first kappa shape index (κ1) is 12.8. The molecular weight excluding hydrogens is 246 g/mol. The van der Waals surface area contributed by atoms with E-state index in [0.717, 1.165) is 18.7 Å². The van der Waals surface area contributed by atoms with Gasteiger partial charge in [-0.2, -0.15) is 0 Å². The van der Waals surface area contributed by atoms with Crippen LogP contribution < -0.4 is 10.9 Å². The molecule has 1 N–H and O–H groups in total. The number of pyridine rings is 1. The lowest BCUT2D eigenvalue weighted by Gasteiger charge is -2.14. The lowest BCUT2D eigenvalue weighted by atomic mass is 10.3. The molecule has 0 bridgehead atoms. The number of hydrogen-bond donors (Lipinski definition) is 1. The standard InChI is InChI=1S/C13H17N3OS/c1-3-6-16-8-11(4-5-13(16)17)15-10(2)12-7-14-9-18-12/h4-5,7-10,15H,3,6H2,1-2H3. The van der Waals surface area contributed by atoms with Crippen molar-refractivity contribution in [3.8, 4) is 0 Å². The Morgan fingerprint density at radius 2 is 2.33 bits per heavy atom. The second-order valence-electron chi connectivity index (χ2n) is 4.22. The van der Waals surface area contributed by atoms with Gasteiger partial charge in [0.05, 0.1) is 17.2 Å². The number of hydrogen-bond acceptors (Lipinski definition) is 4. The lowest BCUT2D eigenvalue weighted by Crippen LogP contribution is -2.19. The van der Waals surface area contributed by atoms with Crippen LogP contribution in [0.4, 0.5) is 5.69 Å². The maximum absolute atomic E-state index is 11.6. The third-order valence-electron chi connectivity index (χ3n) is 2.71. The van der Waals surface area contributed by atoms with Crippen LogP contribution in [0.2, 0.25) is 0 Å². The Bertz CT molecular complexity index is 548. The Morgan fingerprint density at radius 1 is 1.50 bits per heavy atom. The van der Waals surface area contributed by atoms with Gasteiger partial charge >= 0.3 is 0 Å². The highest BCUT2D eigenvalue weighted by atomic mass is 32.1. The second-order valence-corrected chi connectivity index (χ2v) is 5.14. The van der Waals surface area contributed by atoms with Crippen molar-refractivity contribution in [2.75, 3.05) is 5.32 Å². The van der Waals surface area contributed by atoms with Crippen LogP contribution in [0.15, 0.2) is 34.8 Å². The van der Waals surface area contributed by atoms with Crippen LogP contribution in [0.5, 0.6) is 0 Å². The highest BCUT2D eigenvalue weighted by Crippen LogP contribution is 2.21. The van der Waals surface area contributed by atoms with E-state index < -0.39 is 0 Å². The number of aryl methyl sites for hydroxylation is 1. The average Bonchev–Trinajstić information content (AvgIpc) is 2.87. The van der Waals surface area contributed by atoms with Gasteiger partial charge < -0.3 is 9.88 Å². The highest BCUT2D eigenvalue weighted by Gasteiger charge is 2.07. The molecule has 0 aromatic carbocycles. The molecule has 1 atom stereocenters. The molecule has 0 spiro atoms. The van der Waals surface area contributed by atoms with Gasteiger partial charge in [-0.25, -0.2) is 0 Å². The maximum atomic E-state index is 11.6. The molecule has 4 nitrogen and oxygen atoms in total. The van der Waals surface area contributed by atoms with Crippen molar-refractivity contribution in [1.29, 1.82) is 0 Å². The van der Waals surface area contributed by atoms with Crippen molar-refractivity contribution in [2.45, 2.75) is 32.9 Å². The molecule has 5 heteroatoms. The third kappa shape index (κ3) is 2.98. The van der Waals surface area contributed by atoms with Gasteiger partial charge in [0.2, 0.25) is 0 Å². The summed E-state index contributed by atoms with van der Waals surface area (Å²) in [7, 11) is 0. The van der Waals surface area contributed by atoms with Gasteiger partial charge in [0, 0.05) is 29.9 Å². The predicted octanol–water partition coefficient (Wildman–Crippen LogP) is 2.89. The highest BCUT2D eigenvalue weighted by molar-refractivity contribution is 7.09. The van der Waals surface area contributed by atoms with E-state index in [2.05, 4.69) is 24.1 Å². The molecule has 0 aliphatic carbocycles. The summed E-state index contributed by atoms with van der Waals surface area (Å²) in [5, 5.41) is 3.38. The first-order valence-electron chi connectivity index (χ1n) is 6.06. The minimum atomic E-state index is 0.0489. The number of nitrogens with zero attached hydrogens (tertiary/aromatic N) is 2. The molecule has 2 aromatic heterocycles. The van der Waals surface area contributed by atoms with Crippen LogP contribution in [0.3, 0.4) is 0 Å². The quantitative estimate of drug-likeness (QED) is 0.902. The van der Waals surface area contributed by atoms with Crippen LogP contribution in [-0.2, 0) is 6.54 Å². The van der Waals surface area contributed by atoms with Crippen molar-refractivity contribution >= 4 is 17.0 Å². The summed E-state index contributed by atoms with van der Waals surface area (Å²) in [4.78, 5) is 16.9. The fourth-order valence-corrected chi connectivity index (χ4v) is 2.42. The van der Waals surface area contributed by atoms with Crippen LogP contribution in [0.1, 0.15) is 31.2 Å². The van der Waals surface area contributed by atoms with Crippen molar-refractivity contribution in [3.63, 3.8) is 0 Å². The van der Waals surface area contributed by atoms with Crippen LogP contribution in [-0.4, -0.2) is 9.55 Å². The Morgan fingerprint density at radius 3 is 3.00 bits per heavy atom. The van der Waals surface area contributed by atoms with E-state index in [0.29, 0.717) is 0 Å². The van der Waals surface area contributed by atoms with Crippen LogP contribution in [0.25, 0.3) is 0 Å². The minimum absolute atomic E-state index is 0.0489. The molecule has 2 heterocycles. The Hall–Kier alpha value is -1.62. The zero-order valence-electron chi connectivity index (χ0n) is 10.6. The van der Waals surface area contributed by atoms with Crippen molar-refractivity contribution in [1.82, 2.24) is 9.55 Å². The molecule has 0 fully saturated rings.